The van der Waals surface area contributed by atoms with Crippen LogP contribution in [0.4, 0.5) is 5.69 Å². The van der Waals surface area contributed by atoms with Crippen LogP contribution in [0.5, 0.6) is 5.75 Å². The first-order chi connectivity index (χ1) is 11.5. The number of aromatic amines is 1. The van der Waals surface area contributed by atoms with Crippen molar-refractivity contribution in [1.29, 1.82) is 0 Å². The van der Waals surface area contributed by atoms with Gasteiger partial charge in [-0.25, -0.2) is 4.98 Å². The van der Waals surface area contributed by atoms with E-state index in [2.05, 4.69) is 15.3 Å². The third-order valence-electron chi connectivity index (χ3n) is 3.81. The lowest BCUT2D eigenvalue weighted by Crippen LogP contribution is -2.22. The number of pyridine rings is 1. The minimum atomic E-state index is -0.266. The molecule has 0 saturated carbocycles. The van der Waals surface area contributed by atoms with E-state index in [0.717, 1.165) is 11.0 Å². The minimum Gasteiger partial charge on any atom is -0.508 e. The molecule has 0 aliphatic rings. The van der Waals surface area contributed by atoms with E-state index in [4.69, 9.17) is 0 Å². The van der Waals surface area contributed by atoms with Crippen LogP contribution >= 0.6 is 0 Å². The third-order valence-corrected chi connectivity index (χ3v) is 3.81. The van der Waals surface area contributed by atoms with Crippen molar-refractivity contribution in [3.63, 3.8) is 0 Å². The number of carbonyl (C=O) groups excluding carboxylic acids is 1. The Morgan fingerprint density at radius 1 is 1.33 bits per heavy atom. The predicted molar refractivity (Wildman–Crippen MR) is 91.1 cm³/mol. The number of hydrogen-bond acceptors (Lipinski definition) is 4. The molecule has 24 heavy (non-hydrogen) atoms. The lowest BCUT2D eigenvalue weighted by atomic mass is 10.2. The highest BCUT2D eigenvalue weighted by atomic mass is 16.3. The lowest BCUT2D eigenvalue weighted by molar-refractivity contribution is -0.116. The number of imidazole rings is 1. The van der Waals surface area contributed by atoms with Gasteiger partial charge >= 0.3 is 0 Å². The number of amides is 1. The smallest absolute Gasteiger partial charge is 0.254 e. The number of nitrogens with one attached hydrogen (secondary N) is 2. The van der Waals surface area contributed by atoms with Crippen molar-refractivity contribution < 1.29 is 9.90 Å². The summed E-state index contributed by atoms with van der Waals surface area (Å²) in [6.45, 7) is 2.18. The number of anilines is 1. The summed E-state index contributed by atoms with van der Waals surface area (Å²) < 4.78 is 1.55. The van der Waals surface area contributed by atoms with E-state index < -0.39 is 0 Å². The fourth-order valence-electron chi connectivity index (χ4n) is 2.63. The van der Waals surface area contributed by atoms with Crippen LogP contribution in [0.3, 0.4) is 0 Å². The van der Waals surface area contributed by atoms with Crippen LogP contribution in [0.25, 0.3) is 11.0 Å². The lowest BCUT2D eigenvalue weighted by Gasteiger charge is -2.10. The normalized spacial score (nSPS) is 10.9. The molecule has 0 aliphatic heterocycles. The second-order valence-corrected chi connectivity index (χ2v) is 5.63. The number of aromatic nitrogens is 3. The summed E-state index contributed by atoms with van der Waals surface area (Å²) in [6, 6.07) is 8.17. The summed E-state index contributed by atoms with van der Waals surface area (Å²) >= 11 is 0. The van der Waals surface area contributed by atoms with Crippen molar-refractivity contribution in [2.45, 2.75) is 26.3 Å². The fraction of sp³-hybridized carbons (Fsp3) is 0.235. The Labute approximate surface area is 138 Å². The van der Waals surface area contributed by atoms with Crippen LogP contribution < -0.4 is 10.9 Å². The summed E-state index contributed by atoms with van der Waals surface area (Å²) in [6.07, 6.45) is 2.44. The highest BCUT2D eigenvalue weighted by Crippen LogP contribution is 2.16. The Hall–Kier alpha value is -3.09. The van der Waals surface area contributed by atoms with E-state index in [1.165, 1.54) is 12.1 Å². The Morgan fingerprint density at radius 3 is 2.96 bits per heavy atom. The van der Waals surface area contributed by atoms with E-state index >= 15 is 0 Å². The molecular weight excluding hydrogens is 308 g/mol. The molecule has 7 nitrogen and oxygen atoms in total. The number of benzene rings is 1. The highest BCUT2D eigenvalue weighted by Gasteiger charge is 2.07. The maximum absolute atomic E-state index is 12.0. The van der Waals surface area contributed by atoms with Crippen molar-refractivity contribution in [3.8, 4) is 5.75 Å². The minimum absolute atomic E-state index is 0.0410. The molecule has 0 fully saturated rings. The van der Waals surface area contributed by atoms with Gasteiger partial charge in [-0.2, -0.15) is 0 Å². The van der Waals surface area contributed by atoms with Gasteiger partial charge in [0.15, 0.2) is 0 Å². The van der Waals surface area contributed by atoms with Crippen LogP contribution in [0.2, 0.25) is 0 Å². The number of aryl methyl sites for hydroxylation is 1. The monoisotopic (exact) mass is 326 g/mol. The zero-order chi connectivity index (χ0) is 17.1. The molecule has 0 atom stereocenters. The molecule has 0 bridgehead atoms. The van der Waals surface area contributed by atoms with Gasteiger partial charge in [-0.1, -0.05) is 0 Å². The molecule has 0 radical (unpaired) electrons. The summed E-state index contributed by atoms with van der Waals surface area (Å²) in [5.74, 6) is -0.154. The van der Waals surface area contributed by atoms with E-state index in [0.29, 0.717) is 30.8 Å². The van der Waals surface area contributed by atoms with Gasteiger partial charge in [0.1, 0.15) is 5.75 Å². The van der Waals surface area contributed by atoms with Crippen LogP contribution in [0.15, 0.2) is 41.5 Å². The predicted octanol–water partition coefficient (Wildman–Crippen LogP) is 2.16. The van der Waals surface area contributed by atoms with E-state index in [9.17, 15) is 14.7 Å². The number of aromatic hydroxyl groups is 1. The van der Waals surface area contributed by atoms with Crippen molar-refractivity contribution in [2.24, 2.45) is 0 Å². The first-order valence-electron chi connectivity index (χ1n) is 7.66. The molecule has 3 rings (SSSR count). The second kappa shape index (κ2) is 6.57. The SMILES string of the molecule is Cc1cc(O)cc(=O)n1CCCC(=O)Nc1ccc2nc[nH]c2c1. The van der Waals surface area contributed by atoms with E-state index in [-0.39, 0.29) is 17.2 Å². The molecule has 2 aromatic heterocycles. The first kappa shape index (κ1) is 15.8. The fourth-order valence-corrected chi connectivity index (χ4v) is 2.63. The first-order valence-corrected chi connectivity index (χ1v) is 7.66. The quantitative estimate of drug-likeness (QED) is 0.669. The third kappa shape index (κ3) is 3.45. The Morgan fingerprint density at radius 2 is 2.17 bits per heavy atom. The average molecular weight is 326 g/mol. The Bertz CT molecular complexity index is 942. The van der Waals surface area contributed by atoms with Gasteiger partial charge in [0.05, 0.1) is 17.4 Å². The molecular formula is C17H18N4O3. The summed E-state index contributed by atoms with van der Waals surface area (Å²) in [7, 11) is 0. The molecule has 124 valence electrons. The van der Waals surface area contributed by atoms with Crippen LogP contribution in [-0.4, -0.2) is 25.5 Å². The molecule has 0 unspecified atom stereocenters. The van der Waals surface area contributed by atoms with Crippen molar-refractivity contribution in [1.82, 2.24) is 14.5 Å². The van der Waals surface area contributed by atoms with E-state index in [1.54, 1.807) is 23.9 Å². The van der Waals surface area contributed by atoms with Gasteiger partial charge in [-0.3, -0.25) is 9.59 Å². The number of rotatable bonds is 5. The molecule has 3 N–H and O–H groups in total. The van der Waals surface area contributed by atoms with Gasteiger partial charge in [0, 0.05) is 30.4 Å². The Balaban J connectivity index is 1.57. The molecule has 7 heteroatoms. The van der Waals surface area contributed by atoms with Gasteiger partial charge in [0.25, 0.3) is 5.56 Å². The van der Waals surface area contributed by atoms with Crippen molar-refractivity contribution in [2.75, 3.05) is 5.32 Å². The number of hydrogen-bond donors (Lipinski definition) is 3. The van der Waals surface area contributed by atoms with Gasteiger partial charge < -0.3 is 20.0 Å². The zero-order valence-corrected chi connectivity index (χ0v) is 13.2. The molecule has 1 amide bonds. The standard InChI is InChI=1S/C17H18N4O3/c1-11-7-13(22)9-17(24)21(11)6-2-3-16(23)20-12-4-5-14-15(8-12)19-10-18-14/h4-5,7-10,22H,2-3,6H2,1H3,(H,18,19)(H,20,23). The van der Waals surface area contributed by atoms with Gasteiger partial charge in [-0.05, 0) is 37.6 Å². The molecule has 3 aromatic rings. The largest absolute Gasteiger partial charge is 0.508 e. The van der Waals surface area contributed by atoms with Gasteiger partial charge in [0.2, 0.25) is 5.91 Å². The second-order valence-electron chi connectivity index (χ2n) is 5.63. The average Bonchev–Trinajstić information content (AvgIpc) is 2.97. The summed E-state index contributed by atoms with van der Waals surface area (Å²) in [4.78, 5) is 31.0. The maximum Gasteiger partial charge on any atom is 0.254 e. The highest BCUT2D eigenvalue weighted by molar-refractivity contribution is 5.92. The molecule has 0 saturated heterocycles. The number of H-pyrrole nitrogens is 1. The maximum atomic E-state index is 12.0. The van der Waals surface area contributed by atoms with Crippen molar-refractivity contribution >= 4 is 22.6 Å². The molecule has 1 aromatic carbocycles. The topological polar surface area (TPSA) is 100 Å². The Kier molecular flexibility index (Phi) is 4.33. The number of fused-ring (bicyclic) bond motifs is 1. The molecule has 0 aliphatic carbocycles. The van der Waals surface area contributed by atoms with Crippen molar-refractivity contribution in [3.05, 3.63) is 52.7 Å². The van der Waals surface area contributed by atoms with Gasteiger partial charge in [-0.15, -0.1) is 0 Å². The van der Waals surface area contributed by atoms with Crippen LogP contribution in [-0.2, 0) is 11.3 Å². The zero-order valence-electron chi connectivity index (χ0n) is 13.2. The summed E-state index contributed by atoms with van der Waals surface area (Å²) in [5.41, 5.74) is 2.81. The number of carbonyl (C=O) groups is 1. The number of nitrogens with zero attached hydrogens (tertiary/aromatic N) is 2. The van der Waals surface area contributed by atoms with E-state index in [1.807, 2.05) is 12.1 Å². The van der Waals surface area contributed by atoms with Crippen LogP contribution in [0.1, 0.15) is 18.5 Å². The van der Waals surface area contributed by atoms with Crippen LogP contribution in [0, 0.1) is 6.92 Å². The summed E-state index contributed by atoms with van der Waals surface area (Å²) in [5, 5.41) is 12.2. The molecule has 0 spiro atoms. The molecule has 2 heterocycles.